The number of hydrogen-bond acceptors (Lipinski definition) is 3. The molecule has 0 radical (unpaired) electrons. The van der Waals surface area contributed by atoms with Gasteiger partial charge < -0.3 is 16.2 Å². The Morgan fingerprint density at radius 2 is 1.95 bits per heavy atom. The Hall–Kier alpha value is -2.33. The van der Waals surface area contributed by atoms with Crippen LogP contribution in [0.5, 0.6) is 5.75 Å². The Balaban J connectivity index is 1.86. The van der Waals surface area contributed by atoms with Crippen LogP contribution in [-0.2, 0) is 4.79 Å². The van der Waals surface area contributed by atoms with E-state index in [4.69, 9.17) is 5.73 Å². The second-order valence-corrected chi connectivity index (χ2v) is 5.11. The van der Waals surface area contributed by atoms with Crippen LogP contribution in [0.1, 0.15) is 30.0 Å². The molecule has 21 heavy (non-hydrogen) atoms. The molecule has 0 fully saturated rings. The van der Waals surface area contributed by atoms with E-state index in [0.717, 1.165) is 11.1 Å². The maximum Gasteiger partial charge on any atom is 0.224 e. The third kappa shape index (κ3) is 4.33. The first-order chi connectivity index (χ1) is 10.1. The summed E-state index contributed by atoms with van der Waals surface area (Å²) in [4.78, 5) is 11.9. The van der Waals surface area contributed by atoms with E-state index in [1.54, 1.807) is 25.1 Å². The number of benzene rings is 2. The highest BCUT2D eigenvalue weighted by molar-refractivity contribution is 5.90. The van der Waals surface area contributed by atoms with E-state index in [-0.39, 0.29) is 17.7 Å². The summed E-state index contributed by atoms with van der Waals surface area (Å²) in [5, 5.41) is 12.3. The zero-order valence-electron chi connectivity index (χ0n) is 12.0. The van der Waals surface area contributed by atoms with Gasteiger partial charge in [0, 0.05) is 18.2 Å². The van der Waals surface area contributed by atoms with Gasteiger partial charge in [0.25, 0.3) is 0 Å². The minimum Gasteiger partial charge on any atom is -0.508 e. The van der Waals surface area contributed by atoms with Crippen LogP contribution < -0.4 is 11.1 Å². The minimum atomic E-state index is -0.140. The van der Waals surface area contributed by atoms with E-state index in [0.29, 0.717) is 18.5 Å². The van der Waals surface area contributed by atoms with Gasteiger partial charge in [-0.05, 0) is 42.7 Å². The number of aromatic hydroxyl groups is 1. The molecule has 0 saturated carbocycles. The van der Waals surface area contributed by atoms with Gasteiger partial charge in [-0.15, -0.1) is 0 Å². The first-order valence-electron chi connectivity index (χ1n) is 6.96. The predicted molar refractivity (Wildman–Crippen MR) is 84.1 cm³/mol. The van der Waals surface area contributed by atoms with E-state index in [9.17, 15) is 9.90 Å². The number of hydrogen-bond donors (Lipinski definition) is 3. The van der Waals surface area contributed by atoms with Crippen molar-refractivity contribution < 1.29 is 9.90 Å². The van der Waals surface area contributed by atoms with E-state index in [2.05, 4.69) is 5.32 Å². The number of carbonyl (C=O) groups excluding carboxylic acids is 1. The lowest BCUT2D eigenvalue weighted by Crippen LogP contribution is -2.16. The highest BCUT2D eigenvalue weighted by Gasteiger charge is 2.09. The van der Waals surface area contributed by atoms with Crippen LogP contribution in [0.4, 0.5) is 5.69 Å². The number of nitrogens with one attached hydrogen (secondary N) is 1. The number of amides is 1. The first kappa shape index (κ1) is 15.1. The molecule has 0 aliphatic heterocycles. The molecule has 0 bridgehead atoms. The normalized spacial score (nSPS) is 11.9. The largest absolute Gasteiger partial charge is 0.508 e. The number of phenolic OH excluding ortho intramolecular Hbond substituents is 1. The number of phenols is 1. The predicted octanol–water partition coefficient (Wildman–Crippen LogP) is 3.12. The van der Waals surface area contributed by atoms with Crippen molar-refractivity contribution in [3.63, 3.8) is 0 Å². The van der Waals surface area contributed by atoms with Gasteiger partial charge in [-0.1, -0.05) is 30.3 Å². The van der Waals surface area contributed by atoms with Crippen molar-refractivity contribution in [2.45, 2.75) is 25.8 Å². The average Bonchev–Trinajstić information content (AvgIpc) is 2.49. The summed E-state index contributed by atoms with van der Waals surface area (Å²) in [5.41, 5.74) is 8.51. The molecule has 2 aromatic rings. The molecular formula is C17H20N2O2. The smallest absolute Gasteiger partial charge is 0.224 e. The second-order valence-electron chi connectivity index (χ2n) is 5.11. The van der Waals surface area contributed by atoms with Gasteiger partial charge in [-0.25, -0.2) is 0 Å². The summed E-state index contributed by atoms with van der Waals surface area (Å²) < 4.78 is 0. The van der Waals surface area contributed by atoms with Gasteiger partial charge in [-0.3, -0.25) is 4.79 Å². The molecule has 0 aliphatic carbocycles. The van der Waals surface area contributed by atoms with E-state index < -0.39 is 0 Å². The van der Waals surface area contributed by atoms with Crippen molar-refractivity contribution in [3.8, 4) is 5.75 Å². The minimum absolute atomic E-state index is 0.0773. The van der Waals surface area contributed by atoms with Crippen LogP contribution in [0.15, 0.2) is 48.5 Å². The molecular weight excluding hydrogens is 264 g/mol. The quantitative estimate of drug-likeness (QED) is 0.738. The van der Waals surface area contributed by atoms with E-state index in [1.165, 1.54) is 0 Å². The molecule has 1 unspecified atom stereocenters. The number of aryl methyl sites for hydroxylation is 1. The van der Waals surface area contributed by atoms with Gasteiger partial charge >= 0.3 is 0 Å². The highest BCUT2D eigenvalue weighted by Crippen LogP contribution is 2.21. The molecule has 0 saturated heterocycles. The molecule has 1 atom stereocenters. The van der Waals surface area contributed by atoms with Crippen molar-refractivity contribution in [2.75, 3.05) is 5.32 Å². The fourth-order valence-electron chi connectivity index (χ4n) is 2.11. The number of carbonyl (C=O) groups is 1. The summed E-state index contributed by atoms with van der Waals surface area (Å²) in [5.74, 6) is 0.144. The van der Waals surface area contributed by atoms with Crippen LogP contribution in [0.2, 0.25) is 0 Å². The second kappa shape index (κ2) is 6.90. The Bertz CT molecular complexity index is 611. The zero-order valence-corrected chi connectivity index (χ0v) is 12.0. The monoisotopic (exact) mass is 284 g/mol. The molecule has 0 spiro atoms. The van der Waals surface area contributed by atoms with E-state index >= 15 is 0 Å². The lowest BCUT2D eigenvalue weighted by molar-refractivity contribution is -0.116. The van der Waals surface area contributed by atoms with Crippen LogP contribution in [0, 0.1) is 6.92 Å². The molecule has 0 aliphatic rings. The molecule has 4 heteroatoms. The number of nitrogens with two attached hydrogens (primary N) is 1. The maximum absolute atomic E-state index is 11.9. The zero-order chi connectivity index (χ0) is 15.2. The lowest BCUT2D eigenvalue weighted by Gasteiger charge is -2.12. The Morgan fingerprint density at radius 1 is 1.24 bits per heavy atom. The number of anilines is 1. The highest BCUT2D eigenvalue weighted by atomic mass is 16.3. The van der Waals surface area contributed by atoms with Gasteiger partial charge in [0.15, 0.2) is 0 Å². The summed E-state index contributed by atoms with van der Waals surface area (Å²) in [6.45, 7) is 1.79. The van der Waals surface area contributed by atoms with E-state index in [1.807, 2.05) is 30.3 Å². The summed E-state index contributed by atoms with van der Waals surface area (Å²) in [6, 6.07) is 14.6. The van der Waals surface area contributed by atoms with Crippen LogP contribution in [-0.4, -0.2) is 11.0 Å². The summed E-state index contributed by atoms with van der Waals surface area (Å²) in [7, 11) is 0. The first-order valence-corrected chi connectivity index (χ1v) is 6.96. The molecule has 1 amide bonds. The third-order valence-electron chi connectivity index (χ3n) is 3.39. The Kier molecular flexibility index (Phi) is 4.95. The molecule has 4 nitrogen and oxygen atoms in total. The fourth-order valence-corrected chi connectivity index (χ4v) is 2.11. The van der Waals surface area contributed by atoms with Gasteiger partial charge in [0.1, 0.15) is 5.75 Å². The molecule has 4 N–H and O–H groups in total. The molecule has 0 aromatic heterocycles. The summed E-state index contributed by atoms with van der Waals surface area (Å²) in [6.07, 6.45) is 0.947. The molecule has 0 heterocycles. The lowest BCUT2D eigenvalue weighted by atomic mass is 10.0. The summed E-state index contributed by atoms with van der Waals surface area (Å²) >= 11 is 0. The van der Waals surface area contributed by atoms with Crippen molar-refractivity contribution >= 4 is 11.6 Å². The maximum atomic E-state index is 11.9. The number of rotatable bonds is 5. The molecule has 110 valence electrons. The van der Waals surface area contributed by atoms with Crippen molar-refractivity contribution in [1.29, 1.82) is 0 Å². The Morgan fingerprint density at radius 3 is 2.62 bits per heavy atom. The van der Waals surface area contributed by atoms with Crippen molar-refractivity contribution in [2.24, 2.45) is 5.73 Å². The van der Waals surface area contributed by atoms with Gasteiger partial charge in [0.2, 0.25) is 5.91 Å². The molecule has 2 rings (SSSR count). The van der Waals surface area contributed by atoms with Crippen molar-refractivity contribution in [1.82, 2.24) is 0 Å². The van der Waals surface area contributed by atoms with Crippen LogP contribution in [0.3, 0.4) is 0 Å². The fraction of sp³-hybridized carbons (Fsp3) is 0.235. The third-order valence-corrected chi connectivity index (χ3v) is 3.39. The van der Waals surface area contributed by atoms with Gasteiger partial charge in [-0.2, -0.15) is 0 Å². The SMILES string of the molecule is Cc1cc(NC(=O)CCC(N)c2ccccc2)ccc1O. The topological polar surface area (TPSA) is 75.4 Å². The standard InChI is InChI=1S/C17H20N2O2/c1-12-11-14(7-9-16(12)20)19-17(21)10-8-15(18)13-5-3-2-4-6-13/h2-7,9,11,15,20H,8,10,18H2,1H3,(H,19,21). The van der Waals surface area contributed by atoms with Crippen LogP contribution >= 0.6 is 0 Å². The van der Waals surface area contributed by atoms with Crippen molar-refractivity contribution in [3.05, 3.63) is 59.7 Å². The van der Waals surface area contributed by atoms with Gasteiger partial charge in [0.05, 0.1) is 0 Å². The average molecular weight is 284 g/mol. The molecule has 2 aromatic carbocycles. The Labute approximate surface area is 124 Å². The van der Waals surface area contributed by atoms with Crippen LogP contribution in [0.25, 0.3) is 0 Å².